The number of non-ortho nitro benzene ring substituents is 1. The number of hydrogen-bond acceptors (Lipinski definition) is 5. The van der Waals surface area contributed by atoms with Crippen LogP contribution in [0.4, 0.5) is 17.1 Å². The van der Waals surface area contributed by atoms with Crippen LogP contribution in [-0.4, -0.2) is 30.0 Å². The topological polar surface area (TPSA) is 87.5 Å². The molecular weight excluding hydrogens is 328 g/mol. The van der Waals surface area contributed by atoms with Gasteiger partial charge in [0.25, 0.3) is 11.6 Å². The standard InChI is InChI=1S/C16H16N4O3S/c1-19(2)13-9-5-12(6-10-13)17-16(24)18-15(21)11-3-7-14(8-4-11)20(22)23/h3-10H,1-2H3,(H2,17,18,21,24). The molecule has 8 heteroatoms. The molecular formula is C16H16N4O3S. The van der Waals surface area contributed by atoms with Crippen LogP contribution in [0.25, 0.3) is 0 Å². The SMILES string of the molecule is CN(C)c1ccc(NC(=S)NC(=O)c2ccc([N+](=O)[O-])cc2)cc1. The van der Waals surface area contributed by atoms with E-state index in [4.69, 9.17) is 12.2 Å². The van der Waals surface area contributed by atoms with Crippen molar-refractivity contribution in [2.24, 2.45) is 0 Å². The minimum atomic E-state index is -0.523. The number of carbonyl (C=O) groups is 1. The van der Waals surface area contributed by atoms with Crippen molar-refractivity contribution in [2.75, 3.05) is 24.3 Å². The molecule has 0 atom stereocenters. The van der Waals surface area contributed by atoms with Gasteiger partial charge in [-0.05, 0) is 48.6 Å². The molecule has 0 aliphatic heterocycles. The molecule has 0 aromatic heterocycles. The van der Waals surface area contributed by atoms with Gasteiger partial charge >= 0.3 is 0 Å². The van der Waals surface area contributed by atoms with Gasteiger partial charge in [-0.15, -0.1) is 0 Å². The minimum absolute atomic E-state index is 0.0757. The van der Waals surface area contributed by atoms with Crippen molar-refractivity contribution < 1.29 is 9.72 Å². The first-order valence-corrected chi connectivity index (χ1v) is 7.42. The molecule has 124 valence electrons. The zero-order valence-corrected chi connectivity index (χ0v) is 14.0. The van der Waals surface area contributed by atoms with E-state index in [0.717, 1.165) is 11.4 Å². The third-order valence-electron chi connectivity index (χ3n) is 3.21. The maximum Gasteiger partial charge on any atom is 0.269 e. The normalized spacial score (nSPS) is 9.92. The summed E-state index contributed by atoms with van der Waals surface area (Å²) in [5.74, 6) is -0.438. The number of hydrogen-bond donors (Lipinski definition) is 2. The van der Waals surface area contributed by atoms with E-state index in [2.05, 4.69) is 10.6 Å². The molecule has 0 saturated heterocycles. The third kappa shape index (κ3) is 4.50. The number of anilines is 2. The van der Waals surface area contributed by atoms with E-state index in [-0.39, 0.29) is 16.4 Å². The molecule has 0 fully saturated rings. The lowest BCUT2D eigenvalue weighted by Crippen LogP contribution is -2.34. The summed E-state index contributed by atoms with van der Waals surface area (Å²) in [6, 6.07) is 12.8. The summed E-state index contributed by atoms with van der Waals surface area (Å²) in [5.41, 5.74) is 2.00. The quantitative estimate of drug-likeness (QED) is 0.504. The Morgan fingerprint density at radius 3 is 2.17 bits per heavy atom. The van der Waals surface area contributed by atoms with E-state index in [0.29, 0.717) is 0 Å². The van der Waals surface area contributed by atoms with Crippen LogP contribution < -0.4 is 15.5 Å². The lowest BCUT2D eigenvalue weighted by Gasteiger charge is -2.14. The molecule has 0 aliphatic rings. The molecule has 0 unspecified atom stereocenters. The van der Waals surface area contributed by atoms with Gasteiger partial charge in [0.2, 0.25) is 0 Å². The Morgan fingerprint density at radius 1 is 1.08 bits per heavy atom. The second-order valence-electron chi connectivity index (χ2n) is 5.15. The third-order valence-corrected chi connectivity index (χ3v) is 3.41. The molecule has 2 rings (SSSR count). The maximum absolute atomic E-state index is 12.1. The van der Waals surface area contributed by atoms with Gasteiger partial charge in [0.05, 0.1) is 4.92 Å². The molecule has 0 saturated carbocycles. The van der Waals surface area contributed by atoms with Crippen LogP contribution in [0.15, 0.2) is 48.5 Å². The van der Waals surface area contributed by atoms with Gasteiger partial charge in [-0.1, -0.05) is 0 Å². The van der Waals surface area contributed by atoms with Crippen LogP contribution in [0, 0.1) is 10.1 Å². The number of benzene rings is 2. The van der Waals surface area contributed by atoms with Gasteiger partial charge in [-0.3, -0.25) is 20.2 Å². The molecule has 2 aromatic rings. The predicted octanol–water partition coefficient (Wildman–Crippen LogP) is 2.79. The van der Waals surface area contributed by atoms with Crippen LogP contribution in [0.3, 0.4) is 0 Å². The molecule has 7 nitrogen and oxygen atoms in total. The molecule has 2 N–H and O–H groups in total. The second kappa shape index (κ2) is 7.51. The highest BCUT2D eigenvalue weighted by Gasteiger charge is 2.11. The van der Waals surface area contributed by atoms with Crippen molar-refractivity contribution in [1.82, 2.24) is 5.32 Å². The first kappa shape index (κ1) is 17.4. The first-order valence-electron chi connectivity index (χ1n) is 7.01. The zero-order valence-electron chi connectivity index (χ0n) is 13.1. The average Bonchev–Trinajstić information content (AvgIpc) is 2.55. The molecule has 0 aliphatic carbocycles. The monoisotopic (exact) mass is 344 g/mol. The Kier molecular flexibility index (Phi) is 5.43. The number of amides is 1. The van der Waals surface area contributed by atoms with Crippen LogP contribution in [0.5, 0.6) is 0 Å². The maximum atomic E-state index is 12.1. The summed E-state index contributed by atoms with van der Waals surface area (Å²) >= 11 is 5.10. The number of nitrogens with zero attached hydrogens (tertiary/aromatic N) is 2. The largest absolute Gasteiger partial charge is 0.378 e. The van der Waals surface area contributed by atoms with Crippen molar-refractivity contribution in [3.8, 4) is 0 Å². The fourth-order valence-electron chi connectivity index (χ4n) is 1.92. The summed E-state index contributed by atoms with van der Waals surface area (Å²) in [6.07, 6.45) is 0. The van der Waals surface area contributed by atoms with Crippen molar-refractivity contribution in [3.63, 3.8) is 0 Å². The summed E-state index contributed by atoms with van der Waals surface area (Å²) in [5, 5.41) is 16.2. The van der Waals surface area contributed by atoms with Crippen LogP contribution in [0.1, 0.15) is 10.4 Å². The lowest BCUT2D eigenvalue weighted by atomic mass is 10.2. The second-order valence-corrected chi connectivity index (χ2v) is 5.56. The average molecular weight is 344 g/mol. The highest BCUT2D eigenvalue weighted by molar-refractivity contribution is 7.80. The van der Waals surface area contributed by atoms with Crippen LogP contribution in [-0.2, 0) is 0 Å². The molecule has 0 heterocycles. The Morgan fingerprint density at radius 2 is 1.67 bits per heavy atom. The number of rotatable bonds is 4. The van der Waals surface area contributed by atoms with E-state index in [9.17, 15) is 14.9 Å². The molecule has 0 bridgehead atoms. The number of thiocarbonyl (C=S) groups is 1. The fourth-order valence-corrected chi connectivity index (χ4v) is 2.13. The summed E-state index contributed by atoms with van der Waals surface area (Å²) in [4.78, 5) is 24.1. The number of nitro groups is 1. The van der Waals surface area contributed by atoms with Crippen molar-refractivity contribution >= 4 is 40.3 Å². The molecule has 0 radical (unpaired) electrons. The summed E-state index contributed by atoms with van der Waals surface area (Å²) in [7, 11) is 3.88. The van der Waals surface area contributed by atoms with E-state index in [1.54, 1.807) is 0 Å². The first-order chi connectivity index (χ1) is 11.4. The van der Waals surface area contributed by atoms with Gasteiger partial charge < -0.3 is 10.2 Å². The molecule has 24 heavy (non-hydrogen) atoms. The van der Waals surface area contributed by atoms with Gasteiger partial charge in [0.1, 0.15) is 0 Å². The summed E-state index contributed by atoms with van der Waals surface area (Å²) in [6.45, 7) is 0. The van der Waals surface area contributed by atoms with Crippen molar-refractivity contribution in [2.45, 2.75) is 0 Å². The molecule has 2 aromatic carbocycles. The van der Waals surface area contributed by atoms with E-state index in [1.165, 1.54) is 24.3 Å². The van der Waals surface area contributed by atoms with Gasteiger partial charge in [0.15, 0.2) is 5.11 Å². The van der Waals surface area contributed by atoms with Crippen LogP contribution >= 0.6 is 12.2 Å². The molecule has 1 amide bonds. The van der Waals surface area contributed by atoms with Gasteiger partial charge in [-0.2, -0.15) is 0 Å². The Balaban J connectivity index is 1.96. The van der Waals surface area contributed by atoms with E-state index < -0.39 is 10.8 Å². The fraction of sp³-hybridized carbons (Fsp3) is 0.125. The van der Waals surface area contributed by atoms with Crippen molar-refractivity contribution in [1.29, 1.82) is 0 Å². The van der Waals surface area contributed by atoms with Crippen LogP contribution in [0.2, 0.25) is 0 Å². The Hall–Kier alpha value is -3.00. The highest BCUT2D eigenvalue weighted by Crippen LogP contribution is 2.16. The number of carbonyl (C=O) groups excluding carboxylic acids is 1. The number of nitro benzene ring substituents is 1. The van der Waals surface area contributed by atoms with E-state index in [1.807, 2.05) is 43.3 Å². The lowest BCUT2D eigenvalue weighted by molar-refractivity contribution is -0.384. The highest BCUT2D eigenvalue weighted by atomic mass is 32.1. The van der Waals surface area contributed by atoms with Gasteiger partial charge in [0, 0.05) is 43.2 Å². The Bertz CT molecular complexity index is 758. The molecule has 0 spiro atoms. The zero-order chi connectivity index (χ0) is 17.7. The smallest absolute Gasteiger partial charge is 0.269 e. The van der Waals surface area contributed by atoms with Gasteiger partial charge in [-0.25, -0.2) is 0 Å². The Labute approximate surface area is 144 Å². The summed E-state index contributed by atoms with van der Waals surface area (Å²) < 4.78 is 0. The number of nitrogens with one attached hydrogen (secondary N) is 2. The van der Waals surface area contributed by atoms with Crippen molar-refractivity contribution in [3.05, 3.63) is 64.2 Å². The van der Waals surface area contributed by atoms with E-state index >= 15 is 0 Å². The minimum Gasteiger partial charge on any atom is -0.378 e. The predicted molar refractivity (Wildman–Crippen MR) is 97.6 cm³/mol.